The van der Waals surface area contributed by atoms with Gasteiger partial charge in [-0.25, -0.2) is 0 Å². The van der Waals surface area contributed by atoms with Crippen molar-refractivity contribution in [1.29, 1.82) is 0 Å². The molecule has 34 heavy (non-hydrogen) atoms. The van der Waals surface area contributed by atoms with Crippen molar-refractivity contribution in [1.82, 2.24) is 0 Å². The summed E-state index contributed by atoms with van der Waals surface area (Å²) in [5.74, 6) is 1.49. The van der Waals surface area contributed by atoms with Gasteiger partial charge in [-0.1, -0.05) is 62.4 Å². The van der Waals surface area contributed by atoms with Crippen molar-refractivity contribution >= 4 is 17.2 Å². The van der Waals surface area contributed by atoms with E-state index in [1.165, 1.54) is 0 Å². The SMILES string of the molecule is COc1ccc([C@@H]2Nc3ccccc3NC3=C2C(=O)CC(C)(C)C3)cc1OCc1ccccc1. The minimum atomic E-state index is -0.292. The zero-order valence-corrected chi connectivity index (χ0v) is 19.9. The fourth-order valence-electron chi connectivity index (χ4n) is 4.86. The Kier molecular flexibility index (Phi) is 5.78. The first kappa shape index (κ1) is 22.1. The molecular formula is C29H30N2O3. The van der Waals surface area contributed by atoms with Crippen LogP contribution in [0.25, 0.3) is 0 Å². The standard InChI is InChI=1S/C29H30N2O3/c1-29(2)16-23-27(24(32)17-29)28(31-22-12-8-7-11-21(22)30-23)20-13-14-25(33-3)26(15-20)34-18-19-9-5-4-6-10-19/h4-15,28,30-31H,16-18H2,1-3H3/t28-/m0/s1. The van der Waals surface area contributed by atoms with E-state index in [0.717, 1.165) is 40.2 Å². The highest BCUT2D eigenvalue weighted by Crippen LogP contribution is 2.46. The first-order valence-electron chi connectivity index (χ1n) is 11.7. The van der Waals surface area contributed by atoms with E-state index in [0.29, 0.717) is 24.5 Å². The highest BCUT2D eigenvalue weighted by atomic mass is 16.5. The smallest absolute Gasteiger partial charge is 0.163 e. The van der Waals surface area contributed by atoms with Gasteiger partial charge in [0.15, 0.2) is 17.3 Å². The molecule has 0 radical (unpaired) electrons. The molecule has 1 atom stereocenters. The molecule has 0 spiro atoms. The Morgan fingerprint density at radius 3 is 2.41 bits per heavy atom. The van der Waals surface area contributed by atoms with Gasteiger partial charge in [-0.15, -0.1) is 0 Å². The fraction of sp³-hybridized carbons (Fsp3) is 0.276. The van der Waals surface area contributed by atoms with Crippen molar-refractivity contribution in [2.24, 2.45) is 5.41 Å². The fourth-order valence-corrected chi connectivity index (χ4v) is 4.86. The highest BCUT2D eigenvalue weighted by molar-refractivity contribution is 6.01. The Labute approximate surface area is 200 Å². The number of hydrogen-bond donors (Lipinski definition) is 2. The van der Waals surface area contributed by atoms with Gasteiger partial charge in [0.25, 0.3) is 0 Å². The average molecular weight is 455 g/mol. The zero-order chi connectivity index (χ0) is 23.7. The Morgan fingerprint density at radius 1 is 0.912 bits per heavy atom. The molecule has 5 nitrogen and oxygen atoms in total. The molecule has 3 aromatic carbocycles. The van der Waals surface area contributed by atoms with E-state index in [-0.39, 0.29) is 17.2 Å². The van der Waals surface area contributed by atoms with Crippen LogP contribution in [0.4, 0.5) is 11.4 Å². The molecule has 2 N–H and O–H groups in total. The van der Waals surface area contributed by atoms with Crippen LogP contribution in [0, 0.1) is 5.41 Å². The number of benzene rings is 3. The van der Waals surface area contributed by atoms with Crippen molar-refractivity contribution < 1.29 is 14.3 Å². The van der Waals surface area contributed by atoms with Crippen LogP contribution in [-0.4, -0.2) is 12.9 Å². The molecule has 1 heterocycles. The number of rotatable bonds is 5. The maximum atomic E-state index is 13.5. The molecule has 0 fully saturated rings. The molecule has 1 aliphatic heterocycles. The van der Waals surface area contributed by atoms with Gasteiger partial charge in [0.05, 0.1) is 24.5 Å². The molecule has 5 heteroatoms. The quantitative estimate of drug-likeness (QED) is 0.461. The van der Waals surface area contributed by atoms with Gasteiger partial charge < -0.3 is 20.1 Å². The van der Waals surface area contributed by atoms with E-state index >= 15 is 0 Å². The number of nitrogens with one attached hydrogen (secondary N) is 2. The Hall–Kier alpha value is -3.73. The molecule has 1 aliphatic carbocycles. The third kappa shape index (κ3) is 4.38. The number of hydrogen-bond acceptors (Lipinski definition) is 5. The van der Waals surface area contributed by atoms with Gasteiger partial charge in [0.1, 0.15) is 6.61 Å². The van der Waals surface area contributed by atoms with E-state index < -0.39 is 0 Å². The predicted octanol–water partition coefficient (Wildman–Crippen LogP) is 6.50. The first-order chi connectivity index (χ1) is 16.4. The van der Waals surface area contributed by atoms with Crippen molar-refractivity contribution in [3.05, 3.63) is 95.2 Å². The summed E-state index contributed by atoms with van der Waals surface area (Å²) in [6.45, 7) is 4.74. The van der Waals surface area contributed by atoms with Crippen LogP contribution in [0.15, 0.2) is 84.1 Å². The van der Waals surface area contributed by atoms with Gasteiger partial charge in [-0.3, -0.25) is 4.79 Å². The van der Waals surface area contributed by atoms with Crippen LogP contribution in [0.1, 0.15) is 43.9 Å². The summed E-state index contributed by atoms with van der Waals surface area (Å²) in [5.41, 5.74) is 5.70. The lowest BCUT2D eigenvalue weighted by Crippen LogP contribution is -2.31. The summed E-state index contributed by atoms with van der Waals surface area (Å²) >= 11 is 0. The number of carbonyl (C=O) groups is 1. The third-order valence-corrected chi connectivity index (χ3v) is 6.48. The number of ether oxygens (including phenoxy) is 2. The second-order valence-corrected chi connectivity index (χ2v) is 9.77. The maximum Gasteiger partial charge on any atom is 0.163 e. The van der Waals surface area contributed by atoms with E-state index in [1.807, 2.05) is 72.8 Å². The lowest BCUT2D eigenvalue weighted by molar-refractivity contribution is -0.118. The second kappa shape index (κ2) is 8.90. The van der Waals surface area contributed by atoms with Gasteiger partial charge >= 0.3 is 0 Å². The molecular weight excluding hydrogens is 424 g/mol. The number of ketones is 1. The summed E-state index contributed by atoms with van der Waals surface area (Å²) in [5, 5.41) is 7.21. The minimum absolute atomic E-state index is 0.0867. The zero-order valence-electron chi connectivity index (χ0n) is 19.9. The number of allylic oxidation sites excluding steroid dienone is 1. The van der Waals surface area contributed by atoms with Crippen LogP contribution in [0.5, 0.6) is 11.5 Å². The molecule has 0 bridgehead atoms. The first-order valence-corrected chi connectivity index (χ1v) is 11.7. The molecule has 0 saturated heterocycles. The minimum Gasteiger partial charge on any atom is -0.493 e. The van der Waals surface area contributed by atoms with Crippen molar-refractivity contribution in [2.75, 3.05) is 17.7 Å². The maximum absolute atomic E-state index is 13.5. The molecule has 174 valence electrons. The second-order valence-electron chi connectivity index (χ2n) is 9.77. The number of para-hydroxylation sites is 2. The van der Waals surface area contributed by atoms with Gasteiger partial charge in [-0.2, -0.15) is 0 Å². The number of Topliss-reactive ketones (excluding diaryl/α,β-unsaturated/α-hetero) is 1. The predicted molar refractivity (Wildman–Crippen MR) is 135 cm³/mol. The summed E-state index contributed by atoms with van der Waals surface area (Å²) < 4.78 is 11.7. The molecule has 2 aliphatic rings. The molecule has 0 saturated carbocycles. The summed E-state index contributed by atoms with van der Waals surface area (Å²) in [6, 6.07) is 23.8. The highest BCUT2D eigenvalue weighted by Gasteiger charge is 2.38. The largest absolute Gasteiger partial charge is 0.493 e. The van der Waals surface area contributed by atoms with Crippen LogP contribution in [0.3, 0.4) is 0 Å². The van der Waals surface area contributed by atoms with Crippen molar-refractivity contribution in [3.8, 4) is 11.5 Å². The lowest BCUT2D eigenvalue weighted by Gasteiger charge is -2.34. The molecule has 0 amide bonds. The van der Waals surface area contributed by atoms with E-state index in [2.05, 4.69) is 24.5 Å². The van der Waals surface area contributed by atoms with E-state index in [4.69, 9.17) is 9.47 Å². The monoisotopic (exact) mass is 454 g/mol. The number of fused-ring (bicyclic) bond motifs is 1. The van der Waals surface area contributed by atoms with Gasteiger partial charge in [0.2, 0.25) is 0 Å². The Morgan fingerprint density at radius 2 is 1.65 bits per heavy atom. The Balaban J connectivity index is 1.56. The van der Waals surface area contributed by atoms with Crippen molar-refractivity contribution in [2.45, 2.75) is 39.3 Å². The molecule has 3 aromatic rings. The van der Waals surface area contributed by atoms with Crippen LogP contribution < -0.4 is 20.1 Å². The van der Waals surface area contributed by atoms with E-state index in [9.17, 15) is 4.79 Å². The normalized spacial score (nSPS) is 18.7. The van der Waals surface area contributed by atoms with Crippen molar-refractivity contribution in [3.63, 3.8) is 0 Å². The number of methoxy groups -OCH3 is 1. The third-order valence-electron chi connectivity index (χ3n) is 6.48. The number of carbonyl (C=O) groups excluding carboxylic acids is 1. The summed E-state index contributed by atoms with van der Waals surface area (Å²) in [7, 11) is 1.64. The lowest BCUT2D eigenvalue weighted by atomic mass is 9.73. The van der Waals surface area contributed by atoms with Gasteiger partial charge in [-0.05, 0) is 47.2 Å². The summed E-state index contributed by atoms with van der Waals surface area (Å²) in [4.78, 5) is 13.5. The molecule has 0 aromatic heterocycles. The molecule has 5 rings (SSSR count). The topological polar surface area (TPSA) is 59.6 Å². The number of anilines is 2. The summed E-state index contributed by atoms with van der Waals surface area (Å²) in [6.07, 6.45) is 1.34. The van der Waals surface area contributed by atoms with Crippen LogP contribution in [-0.2, 0) is 11.4 Å². The van der Waals surface area contributed by atoms with E-state index in [1.54, 1.807) is 7.11 Å². The van der Waals surface area contributed by atoms with Crippen LogP contribution in [0.2, 0.25) is 0 Å². The average Bonchev–Trinajstić information content (AvgIpc) is 2.99. The van der Waals surface area contributed by atoms with Crippen LogP contribution >= 0.6 is 0 Å². The Bertz CT molecular complexity index is 1250. The molecule has 0 unspecified atom stereocenters. The van der Waals surface area contributed by atoms with Gasteiger partial charge in [0, 0.05) is 17.7 Å².